The third-order valence-corrected chi connectivity index (χ3v) is 8.50. The van der Waals surface area contributed by atoms with Crippen LogP contribution < -0.4 is 25.0 Å². The summed E-state index contributed by atoms with van der Waals surface area (Å²) in [5.74, 6) is 7.50. The van der Waals surface area contributed by atoms with Crippen molar-refractivity contribution >= 4 is 56.7 Å². The average Bonchev–Trinajstić information content (AvgIpc) is 3.02. The third-order valence-electron chi connectivity index (χ3n) is 6.62. The number of methoxy groups -OCH3 is 2. The Balaban J connectivity index is 2.12. The lowest BCUT2D eigenvalue weighted by Crippen LogP contribution is -2.30. The first-order valence-corrected chi connectivity index (χ1v) is 15.0. The van der Waals surface area contributed by atoms with Crippen LogP contribution in [0.2, 0.25) is 0 Å². The van der Waals surface area contributed by atoms with Crippen molar-refractivity contribution in [3.8, 4) is 23.3 Å². The highest BCUT2D eigenvalue weighted by Crippen LogP contribution is 2.45. The van der Waals surface area contributed by atoms with E-state index in [1.54, 1.807) is 14.2 Å². The molecular formula is C33H25N2O4Si3. The number of ether oxygens (including phenoxy) is 2. The molecule has 0 aliphatic rings. The van der Waals surface area contributed by atoms with Crippen LogP contribution in [0, 0.1) is 25.0 Å². The monoisotopic (exact) mass is 597 g/mol. The topological polar surface area (TPSA) is 45.6 Å². The zero-order valence-corrected chi connectivity index (χ0v) is 26.5. The van der Waals surface area contributed by atoms with Crippen molar-refractivity contribution < 1.29 is 18.3 Å². The van der Waals surface area contributed by atoms with Gasteiger partial charge in [0.2, 0.25) is 5.69 Å². The van der Waals surface area contributed by atoms with E-state index in [1.165, 1.54) is 20.3 Å². The maximum atomic E-state index is 7.89. The molecule has 0 amide bonds. The number of rotatable bonds is 9. The summed E-state index contributed by atoms with van der Waals surface area (Å²) in [5, 5.41) is 3.05. The van der Waals surface area contributed by atoms with Gasteiger partial charge in [-0.05, 0) is 33.1 Å². The smallest absolute Gasteiger partial charge is 0.268 e. The van der Waals surface area contributed by atoms with Crippen molar-refractivity contribution in [1.82, 2.24) is 0 Å². The maximum absolute atomic E-state index is 7.89. The van der Waals surface area contributed by atoms with Gasteiger partial charge in [0, 0.05) is 14.2 Å². The lowest BCUT2D eigenvalue weighted by molar-refractivity contribution is 0.354. The summed E-state index contributed by atoms with van der Waals surface area (Å²) in [6.07, 6.45) is 0. The van der Waals surface area contributed by atoms with Gasteiger partial charge in [0.15, 0.2) is 11.4 Å². The average molecular weight is 598 g/mol. The van der Waals surface area contributed by atoms with E-state index in [2.05, 4.69) is 56.0 Å². The van der Waals surface area contributed by atoms with E-state index in [0.29, 0.717) is 17.1 Å². The molecule has 203 valence electrons. The fourth-order valence-electron chi connectivity index (χ4n) is 4.69. The van der Waals surface area contributed by atoms with E-state index in [9.17, 15) is 0 Å². The van der Waals surface area contributed by atoms with E-state index in [4.69, 9.17) is 31.5 Å². The summed E-state index contributed by atoms with van der Waals surface area (Å²) >= 11 is 0. The van der Waals surface area contributed by atoms with Gasteiger partial charge < -0.3 is 18.3 Å². The Hall–Kier alpha value is -4.41. The standard InChI is InChI=1S/C33H25N2O4Si3/c1-34-29-21-30(36-3)32(37-4)28(31(29)35-2)19-20-33(22-7-13-25(40)14-8-22,23-9-15-26(16-10-23)41-38-5)24-11-17-27(18-12-24)42-39-6/h7-18,21H,3-6H3. The first-order chi connectivity index (χ1) is 20.4. The SMILES string of the molecule is [C-]#[N+]c1cc(OC)c(OC)c(C#CC(c2ccc([Si])cc2)(c2ccc([Si]OC)cc2)c2ccc([Si]OC)cc2)c1[N+]#[C-]. The summed E-state index contributed by atoms with van der Waals surface area (Å²) in [5.41, 5.74) is 2.39. The molecule has 0 aliphatic heterocycles. The van der Waals surface area contributed by atoms with Crippen LogP contribution in [0.3, 0.4) is 0 Å². The van der Waals surface area contributed by atoms with Gasteiger partial charge in [-0.1, -0.05) is 89.8 Å². The highest BCUT2D eigenvalue weighted by atomic mass is 28.2. The number of benzene rings is 4. The van der Waals surface area contributed by atoms with Gasteiger partial charge in [0.05, 0.1) is 43.2 Å². The van der Waals surface area contributed by atoms with Crippen LogP contribution in [0.5, 0.6) is 11.5 Å². The first kappa shape index (κ1) is 30.5. The van der Waals surface area contributed by atoms with Crippen molar-refractivity contribution in [2.45, 2.75) is 5.41 Å². The molecule has 0 saturated heterocycles. The van der Waals surface area contributed by atoms with Crippen LogP contribution in [0.4, 0.5) is 11.4 Å². The molecule has 0 saturated carbocycles. The number of nitrogens with zero attached hydrogens (tertiary/aromatic N) is 2. The lowest BCUT2D eigenvalue weighted by atomic mass is 9.70. The van der Waals surface area contributed by atoms with Crippen LogP contribution >= 0.6 is 0 Å². The first-order valence-electron chi connectivity index (χ1n) is 12.6. The zero-order chi connectivity index (χ0) is 30.1. The van der Waals surface area contributed by atoms with Gasteiger partial charge in [0.25, 0.3) is 19.5 Å². The predicted molar refractivity (Wildman–Crippen MR) is 168 cm³/mol. The fourth-order valence-corrected chi connectivity index (χ4v) is 5.93. The summed E-state index contributed by atoms with van der Waals surface area (Å²) in [7, 11) is 10.4. The molecule has 7 radical (unpaired) electrons. The van der Waals surface area contributed by atoms with E-state index in [-0.39, 0.29) is 30.9 Å². The molecule has 0 spiro atoms. The summed E-state index contributed by atoms with van der Waals surface area (Å²) in [4.78, 5) is 7.26. The highest BCUT2D eigenvalue weighted by molar-refractivity contribution is 6.47. The summed E-state index contributed by atoms with van der Waals surface area (Å²) in [6, 6.07) is 26.0. The van der Waals surface area contributed by atoms with Crippen molar-refractivity contribution in [3.05, 3.63) is 124 Å². The second-order valence-electron chi connectivity index (χ2n) is 8.92. The van der Waals surface area contributed by atoms with E-state index < -0.39 is 5.41 Å². The Morgan fingerprint density at radius 1 is 0.714 bits per heavy atom. The second kappa shape index (κ2) is 14.0. The second-order valence-corrected chi connectivity index (χ2v) is 11.9. The minimum absolute atomic E-state index is 0.118. The van der Waals surface area contributed by atoms with E-state index in [0.717, 1.165) is 32.3 Å². The van der Waals surface area contributed by atoms with Crippen LogP contribution in [0.15, 0.2) is 78.9 Å². The zero-order valence-electron chi connectivity index (χ0n) is 23.5. The van der Waals surface area contributed by atoms with Gasteiger partial charge in [-0.25, -0.2) is 9.69 Å². The molecule has 0 N–H and O–H groups in total. The van der Waals surface area contributed by atoms with Crippen LogP contribution in [0.25, 0.3) is 9.69 Å². The minimum Gasteiger partial charge on any atom is -0.494 e. The predicted octanol–water partition coefficient (Wildman–Crippen LogP) is 3.77. The molecule has 0 fully saturated rings. The quantitative estimate of drug-likeness (QED) is 0.128. The Kier molecular flexibility index (Phi) is 10.2. The molecular weight excluding hydrogens is 573 g/mol. The fraction of sp³-hybridized carbons (Fsp3) is 0.152. The Bertz CT molecular complexity index is 1650. The molecule has 0 aromatic heterocycles. The van der Waals surface area contributed by atoms with Crippen molar-refractivity contribution in [3.63, 3.8) is 0 Å². The summed E-state index contributed by atoms with van der Waals surface area (Å²) in [6.45, 7) is 15.6. The number of hydrogen-bond acceptors (Lipinski definition) is 4. The molecule has 0 bridgehead atoms. The minimum atomic E-state index is -0.963. The molecule has 9 heteroatoms. The molecule has 4 aromatic carbocycles. The van der Waals surface area contributed by atoms with Crippen LogP contribution in [-0.2, 0) is 14.3 Å². The Morgan fingerprint density at radius 2 is 1.21 bits per heavy atom. The van der Waals surface area contributed by atoms with Gasteiger partial charge >= 0.3 is 0 Å². The molecule has 0 heterocycles. The maximum Gasteiger partial charge on any atom is 0.268 e. The van der Waals surface area contributed by atoms with Gasteiger partial charge in [-0.3, -0.25) is 0 Å². The molecule has 0 unspecified atom stereocenters. The lowest BCUT2D eigenvalue weighted by Gasteiger charge is -2.31. The summed E-state index contributed by atoms with van der Waals surface area (Å²) < 4.78 is 22.0. The molecule has 42 heavy (non-hydrogen) atoms. The molecule has 4 rings (SSSR count). The van der Waals surface area contributed by atoms with Crippen LogP contribution in [0.1, 0.15) is 22.3 Å². The van der Waals surface area contributed by atoms with Gasteiger partial charge in [-0.15, -0.1) is 0 Å². The normalized spacial score (nSPS) is 10.6. The van der Waals surface area contributed by atoms with E-state index in [1.807, 2.05) is 48.5 Å². The molecule has 0 aliphatic carbocycles. The largest absolute Gasteiger partial charge is 0.494 e. The van der Waals surface area contributed by atoms with Crippen LogP contribution in [-0.4, -0.2) is 58.2 Å². The third kappa shape index (κ3) is 6.09. The number of hydrogen-bond donors (Lipinski definition) is 0. The van der Waals surface area contributed by atoms with Gasteiger partial charge in [0.1, 0.15) is 11.2 Å². The highest BCUT2D eigenvalue weighted by Gasteiger charge is 2.35. The van der Waals surface area contributed by atoms with Crippen molar-refractivity contribution in [2.75, 3.05) is 28.4 Å². The molecule has 4 aromatic rings. The van der Waals surface area contributed by atoms with Gasteiger partial charge in [-0.2, -0.15) is 0 Å². The van der Waals surface area contributed by atoms with Crippen molar-refractivity contribution in [2.24, 2.45) is 0 Å². The molecule has 0 atom stereocenters. The van der Waals surface area contributed by atoms with Crippen molar-refractivity contribution in [1.29, 1.82) is 0 Å². The Morgan fingerprint density at radius 3 is 1.62 bits per heavy atom. The Labute approximate surface area is 255 Å². The van der Waals surface area contributed by atoms with E-state index >= 15 is 0 Å². The molecule has 6 nitrogen and oxygen atoms in total.